The minimum atomic E-state index is 0.582. The Morgan fingerprint density at radius 2 is 1.82 bits per heavy atom. The third-order valence-electron chi connectivity index (χ3n) is 2.93. The number of rotatable bonds is 1. The van der Waals surface area contributed by atoms with E-state index in [4.69, 9.17) is 5.73 Å². The average molecular weight is 223 g/mol. The van der Waals surface area contributed by atoms with Gasteiger partial charge in [0.1, 0.15) is 5.82 Å². The van der Waals surface area contributed by atoms with Crippen molar-refractivity contribution in [3.8, 4) is 5.69 Å². The molecule has 0 amide bonds. The Hall–Kier alpha value is -2.29. The van der Waals surface area contributed by atoms with Crippen molar-refractivity contribution in [3.63, 3.8) is 0 Å². The summed E-state index contributed by atoms with van der Waals surface area (Å²) in [5, 5.41) is 6.72. The number of hydrogen-bond donors (Lipinski definition) is 1. The Kier molecular flexibility index (Phi) is 2.11. The highest BCUT2D eigenvalue weighted by Gasteiger charge is 2.03. The molecule has 3 nitrogen and oxygen atoms in total. The summed E-state index contributed by atoms with van der Waals surface area (Å²) >= 11 is 0. The van der Waals surface area contributed by atoms with Gasteiger partial charge in [0.2, 0.25) is 0 Å². The molecule has 1 aromatic heterocycles. The van der Waals surface area contributed by atoms with Gasteiger partial charge in [-0.1, -0.05) is 30.3 Å². The molecule has 0 fully saturated rings. The van der Waals surface area contributed by atoms with Crippen molar-refractivity contribution in [3.05, 3.63) is 54.2 Å². The van der Waals surface area contributed by atoms with Crippen LogP contribution in [0, 0.1) is 6.92 Å². The molecule has 2 N–H and O–H groups in total. The van der Waals surface area contributed by atoms with Crippen molar-refractivity contribution in [1.82, 2.24) is 9.78 Å². The topological polar surface area (TPSA) is 43.8 Å². The summed E-state index contributed by atoms with van der Waals surface area (Å²) < 4.78 is 1.82. The zero-order chi connectivity index (χ0) is 11.8. The Balaban J connectivity index is 2.17. The quantitative estimate of drug-likeness (QED) is 0.689. The Bertz CT molecular complexity index is 663. The smallest absolute Gasteiger partial charge is 0.148 e. The Morgan fingerprint density at radius 3 is 2.53 bits per heavy atom. The first-order chi connectivity index (χ1) is 8.24. The highest BCUT2D eigenvalue weighted by Crippen LogP contribution is 2.19. The van der Waals surface area contributed by atoms with Gasteiger partial charge in [-0.05, 0) is 29.8 Å². The van der Waals surface area contributed by atoms with Gasteiger partial charge in [0.15, 0.2) is 0 Å². The second-order valence-electron chi connectivity index (χ2n) is 4.17. The van der Waals surface area contributed by atoms with Crippen LogP contribution in [0.5, 0.6) is 0 Å². The summed E-state index contributed by atoms with van der Waals surface area (Å²) in [6.45, 7) is 1.96. The minimum Gasteiger partial charge on any atom is -0.382 e. The van der Waals surface area contributed by atoms with E-state index in [2.05, 4.69) is 29.4 Å². The standard InChI is InChI=1S/C14H13N3/c1-10-9-17(16-14(10)15)13-7-6-11-4-2-3-5-12(11)8-13/h2-9H,1H3,(H2,15,16). The summed E-state index contributed by atoms with van der Waals surface area (Å²) in [6, 6.07) is 14.5. The van der Waals surface area contributed by atoms with E-state index in [9.17, 15) is 0 Å². The molecule has 0 aliphatic heterocycles. The maximum Gasteiger partial charge on any atom is 0.148 e. The maximum atomic E-state index is 5.76. The summed E-state index contributed by atoms with van der Waals surface area (Å²) in [7, 11) is 0. The molecule has 1 heterocycles. The van der Waals surface area contributed by atoms with Gasteiger partial charge >= 0.3 is 0 Å². The van der Waals surface area contributed by atoms with Gasteiger partial charge in [-0.25, -0.2) is 4.68 Å². The first kappa shape index (κ1) is 9.90. The van der Waals surface area contributed by atoms with Crippen molar-refractivity contribution in [2.75, 3.05) is 5.73 Å². The lowest BCUT2D eigenvalue weighted by Crippen LogP contribution is -1.95. The average Bonchev–Trinajstić information content (AvgIpc) is 2.69. The van der Waals surface area contributed by atoms with Crippen molar-refractivity contribution < 1.29 is 0 Å². The maximum absolute atomic E-state index is 5.76. The lowest BCUT2D eigenvalue weighted by Gasteiger charge is -2.03. The summed E-state index contributed by atoms with van der Waals surface area (Å²) in [4.78, 5) is 0. The second-order valence-corrected chi connectivity index (χ2v) is 4.17. The van der Waals surface area contributed by atoms with Crippen LogP contribution in [0.1, 0.15) is 5.56 Å². The summed E-state index contributed by atoms with van der Waals surface area (Å²) in [5.41, 5.74) is 7.79. The molecule has 0 unspecified atom stereocenters. The van der Waals surface area contributed by atoms with Crippen LogP contribution in [-0.2, 0) is 0 Å². The van der Waals surface area contributed by atoms with Crippen LogP contribution in [0.25, 0.3) is 16.5 Å². The van der Waals surface area contributed by atoms with Gasteiger partial charge in [0.25, 0.3) is 0 Å². The first-order valence-electron chi connectivity index (χ1n) is 5.55. The molecule has 0 aliphatic rings. The van der Waals surface area contributed by atoms with Gasteiger partial charge in [-0.2, -0.15) is 5.10 Å². The van der Waals surface area contributed by atoms with Gasteiger partial charge in [-0.3, -0.25) is 0 Å². The van der Waals surface area contributed by atoms with Crippen LogP contribution in [0.15, 0.2) is 48.7 Å². The third kappa shape index (κ3) is 1.65. The molecule has 0 saturated carbocycles. The van der Waals surface area contributed by atoms with Crippen LogP contribution in [0.2, 0.25) is 0 Å². The molecule has 3 heteroatoms. The fourth-order valence-electron chi connectivity index (χ4n) is 1.92. The van der Waals surface area contributed by atoms with E-state index in [-0.39, 0.29) is 0 Å². The van der Waals surface area contributed by atoms with Gasteiger partial charge < -0.3 is 5.73 Å². The number of nitrogens with two attached hydrogens (primary N) is 1. The largest absolute Gasteiger partial charge is 0.382 e. The number of nitrogens with zero attached hydrogens (tertiary/aromatic N) is 2. The van der Waals surface area contributed by atoms with Gasteiger partial charge in [0, 0.05) is 11.8 Å². The van der Waals surface area contributed by atoms with Crippen LogP contribution in [-0.4, -0.2) is 9.78 Å². The normalized spacial score (nSPS) is 10.9. The lowest BCUT2D eigenvalue weighted by molar-refractivity contribution is 0.887. The van der Waals surface area contributed by atoms with Gasteiger partial charge in [0.05, 0.1) is 5.69 Å². The monoisotopic (exact) mass is 223 g/mol. The number of anilines is 1. The van der Waals surface area contributed by atoms with Crippen LogP contribution < -0.4 is 5.73 Å². The highest BCUT2D eigenvalue weighted by atomic mass is 15.3. The van der Waals surface area contributed by atoms with E-state index in [0.29, 0.717) is 5.82 Å². The first-order valence-corrected chi connectivity index (χ1v) is 5.55. The van der Waals surface area contributed by atoms with Crippen molar-refractivity contribution in [2.24, 2.45) is 0 Å². The molecular formula is C14H13N3. The molecule has 0 bridgehead atoms. The van der Waals surface area contributed by atoms with E-state index in [0.717, 1.165) is 11.3 Å². The molecule has 84 valence electrons. The van der Waals surface area contributed by atoms with Crippen molar-refractivity contribution >= 4 is 16.6 Å². The summed E-state index contributed by atoms with van der Waals surface area (Å²) in [5.74, 6) is 0.582. The number of aryl methyl sites for hydroxylation is 1. The molecule has 2 aromatic carbocycles. The zero-order valence-corrected chi connectivity index (χ0v) is 9.59. The van der Waals surface area contributed by atoms with Crippen LogP contribution in [0.3, 0.4) is 0 Å². The molecule has 3 aromatic rings. The van der Waals surface area contributed by atoms with Crippen molar-refractivity contribution in [2.45, 2.75) is 6.92 Å². The van der Waals surface area contributed by atoms with Crippen LogP contribution in [0.4, 0.5) is 5.82 Å². The number of hydrogen-bond acceptors (Lipinski definition) is 2. The molecular weight excluding hydrogens is 210 g/mol. The number of nitrogen functional groups attached to an aromatic ring is 1. The lowest BCUT2D eigenvalue weighted by atomic mass is 10.1. The molecule has 0 spiro atoms. The van der Waals surface area contributed by atoms with E-state index >= 15 is 0 Å². The van der Waals surface area contributed by atoms with E-state index in [1.165, 1.54) is 10.8 Å². The SMILES string of the molecule is Cc1cn(-c2ccc3ccccc3c2)nc1N. The molecule has 0 saturated heterocycles. The van der Waals surface area contributed by atoms with Crippen LogP contribution >= 0.6 is 0 Å². The number of fused-ring (bicyclic) bond motifs is 1. The predicted octanol–water partition coefficient (Wildman–Crippen LogP) is 2.92. The third-order valence-corrected chi connectivity index (χ3v) is 2.93. The Morgan fingerprint density at radius 1 is 1.06 bits per heavy atom. The van der Waals surface area contributed by atoms with Crippen molar-refractivity contribution in [1.29, 1.82) is 0 Å². The molecule has 0 atom stereocenters. The summed E-state index contributed by atoms with van der Waals surface area (Å²) in [6.07, 6.45) is 1.94. The van der Waals surface area contributed by atoms with E-state index in [1.807, 2.05) is 36.0 Å². The minimum absolute atomic E-state index is 0.582. The fourth-order valence-corrected chi connectivity index (χ4v) is 1.92. The second kappa shape index (κ2) is 3.63. The Labute approximate surface area is 99.5 Å². The molecule has 0 radical (unpaired) electrons. The molecule has 3 rings (SSSR count). The van der Waals surface area contributed by atoms with E-state index in [1.54, 1.807) is 0 Å². The number of benzene rings is 2. The van der Waals surface area contributed by atoms with Gasteiger partial charge in [-0.15, -0.1) is 0 Å². The fraction of sp³-hybridized carbons (Fsp3) is 0.0714. The molecule has 17 heavy (non-hydrogen) atoms. The highest BCUT2D eigenvalue weighted by molar-refractivity contribution is 5.84. The number of aromatic nitrogens is 2. The van der Waals surface area contributed by atoms with E-state index < -0.39 is 0 Å². The molecule has 0 aliphatic carbocycles. The predicted molar refractivity (Wildman–Crippen MR) is 70.2 cm³/mol. The zero-order valence-electron chi connectivity index (χ0n) is 9.59.